The van der Waals surface area contributed by atoms with Crippen LogP contribution in [0.5, 0.6) is 0 Å². The molecule has 0 spiro atoms. The second kappa shape index (κ2) is 11.6. The first-order valence-corrected chi connectivity index (χ1v) is 14.3. The molecule has 0 bridgehead atoms. The van der Waals surface area contributed by atoms with Crippen LogP contribution in [0.3, 0.4) is 0 Å². The van der Waals surface area contributed by atoms with E-state index in [-0.39, 0.29) is 17.2 Å². The van der Waals surface area contributed by atoms with Crippen molar-refractivity contribution in [1.29, 1.82) is 0 Å². The number of carbonyl (C=O) groups is 3. The van der Waals surface area contributed by atoms with E-state index < -0.39 is 23.6 Å². The molecule has 41 heavy (non-hydrogen) atoms. The van der Waals surface area contributed by atoms with Gasteiger partial charge in [-0.3, -0.25) is 19.8 Å². The Labute approximate surface area is 239 Å². The van der Waals surface area contributed by atoms with Gasteiger partial charge in [-0.05, 0) is 89.0 Å². The van der Waals surface area contributed by atoms with E-state index >= 15 is 0 Å². The van der Waals surface area contributed by atoms with E-state index in [0.29, 0.717) is 40.3 Å². The van der Waals surface area contributed by atoms with Gasteiger partial charge in [-0.1, -0.05) is 0 Å². The summed E-state index contributed by atoms with van der Waals surface area (Å²) in [5.74, 6) is -1.09. The number of thiophene rings is 1. The first kappa shape index (κ1) is 28.8. The molecule has 0 unspecified atom stereocenters. The Morgan fingerprint density at radius 1 is 0.951 bits per heavy atom. The highest BCUT2D eigenvalue weighted by atomic mass is 32.1. The number of carbonyl (C=O) groups excluding carboxylic acids is 3. The first-order chi connectivity index (χ1) is 19.5. The molecule has 1 aromatic carbocycles. The number of amides is 3. The van der Waals surface area contributed by atoms with Crippen molar-refractivity contribution in [3.63, 3.8) is 0 Å². The summed E-state index contributed by atoms with van der Waals surface area (Å²) in [6, 6.07) is 7.91. The van der Waals surface area contributed by atoms with E-state index in [4.69, 9.17) is 0 Å². The molecule has 2 N–H and O–H groups in total. The van der Waals surface area contributed by atoms with Crippen LogP contribution in [0.4, 0.5) is 18.9 Å². The fourth-order valence-corrected chi connectivity index (χ4v) is 6.32. The quantitative estimate of drug-likeness (QED) is 0.385. The maximum atomic E-state index is 13.0. The third-order valence-electron chi connectivity index (χ3n) is 7.65. The molecule has 13 heteroatoms. The molecule has 3 aliphatic heterocycles. The molecule has 2 saturated heterocycles. The molecule has 2 aromatic rings. The number of halogens is 3. The van der Waals surface area contributed by atoms with E-state index in [9.17, 15) is 27.6 Å². The van der Waals surface area contributed by atoms with Crippen LogP contribution in [-0.4, -0.2) is 65.5 Å². The monoisotopic (exact) mass is 588 g/mol. The lowest BCUT2D eigenvalue weighted by Gasteiger charge is -2.36. The van der Waals surface area contributed by atoms with Gasteiger partial charge in [0, 0.05) is 24.8 Å². The van der Waals surface area contributed by atoms with Crippen molar-refractivity contribution in [2.45, 2.75) is 51.7 Å². The normalized spacial score (nSPS) is 19.9. The standard InChI is InChI=1S/C28H31F3N6O3S/c1-17(24-18(2)34-37(27(24)40)21-7-5-19(6-8-21)28(29,30)31)32-33-25(38)22-9-10-23(41-22)26(39)36-15-11-20(12-16-36)35-13-3-4-14-35/h5-10,20,32H,3-4,11-16H2,1-2H3,(H,33,38)/b24-17-. The summed E-state index contributed by atoms with van der Waals surface area (Å²) in [5, 5.41) is 5.20. The van der Waals surface area contributed by atoms with E-state index in [1.54, 1.807) is 26.0 Å². The minimum absolute atomic E-state index is 0.0769. The fourth-order valence-electron chi connectivity index (χ4n) is 5.45. The largest absolute Gasteiger partial charge is 0.416 e. The van der Waals surface area contributed by atoms with Gasteiger partial charge < -0.3 is 15.2 Å². The third kappa shape index (κ3) is 6.15. The number of likely N-dealkylation sites (tertiary alicyclic amines) is 2. The highest BCUT2D eigenvalue weighted by Crippen LogP contribution is 2.32. The summed E-state index contributed by atoms with van der Waals surface area (Å²) in [4.78, 5) is 44.1. The van der Waals surface area contributed by atoms with Gasteiger partial charge >= 0.3 is 6.18 Å². The lowest BCUT2D eigenvalue weighted by atomic mass is 10.0. The Kier molecular flexibility index (Phi) is 8.18. The fraction of sp³-hybridized carbons (Fsp3) is 0.429. The van der Waals surface area contributed by atoms with E-state index in [1.165, 1.54) is 25.0 Å². The van der Waals surface area contributed by atoms with Crippen LogP contribution >= 0.6 is 11.3 Å². The molecule has 9 nitrogen and oxygen atoms in total. The van der Waals surface area contributed by atoms with E-state index in [0.717, 1.165) is 54.4 Å². The maximum absolute atomic E-state index is 13.0. The van der Waals surface area contributed by atoms with Gasteiger partial charge in [-0.15, -0.1) is 11.3 Å². The summed E-state index contributed by atoms with van der Waals surface area (Å²) in [5.41, 5.74) is 5.47. The molecule has 0 saturated carbocycles. The van der Waals surface area contributed by atoms with Gasteiger partial charge in [0.25, 0.3) is 17.7 Å². The van der Waals surface area contributed by atoms with Gasteiger partial charge in [-0.2, -0.15) is 23.3 Å². The Bertz CT molecular complexity index is 1390. The number of benzene rings is 1. The molecule has 0 aliphatic carbocycles. The molecule has 3 aliphatic rings. The van der Waals surface area contributed by atoms with Gasteiger partial charge in [0.1, 0.15) is 0 Å². The van der Waals surface area contributed by atoms with E-state index in [2.05, 4.69) is 20.9 Å². The highest BCUT2D eigenvalue weighted by Gasteiger charge is 2.34. The Morgan fingerprint density at radius 2 is 1.59 bits per heavy atom. The SMILES string of the molecule is CC1=NN(c2ccc(C(F)(F)F)cc2)C(=O)/C1=C(/C)NNC(=O)c1ccc(C(=O)N2CCC(N3CCCC3)CC2)s1. The summed E-state index contributed by atoms with van der Waals surface area (Å²) in [6.07, 6.45) is -0.0811. The number of rotatable bonds is 6. The van der Waals surface area contributed by atoms with Crippen LogP contribution in [0.2, 0.25) is 0 Å². The molecular formula is C28H31F3N6O3S. The molecule has 4 heterocycles. The Balaban J connectivity index is 1.17. The number of nitrogens with zero attached hydrogens (tertiary/aromatic N) is 4. The average Bonchev–Trinajstić information content (AvgIpc) is 3.72. The lowest BCUT2D eigenvalue weighted by molar-refractivity contribution is -0.137. The Hall–Kier alpha value is -3.71. The first-order valence-electron chi connectivity index (χ1n) is 13.5. The summed E-state index contributed by atoms with van der Waals surface area (Å²) in [7, 11) is 0. The van der Waals surface area contributed by atoms with Crippen molar-refractivity contribution < 1.29 is 27.6 Å². The number of hydrogen-bond acceptors (Lipinski definition) is 7. The van der Waals surface area contributed by atoms with Crippen molar-refractivity contribution >= 4 is 40.5 Å². The maximum Gasteiger partial charge on any atom is 0.416 e. The molecule has 3 amide bonds. The zero-order valence-corrected chi connectivity index (χ0v) is 23.6. The summed E-state index contributed by atoms with van der Waals surface area (Å²) in [6.45, 7) is 6.86. The Morgan fingerprint density at radius 3 is 2.22 bits per heavy atom. The van der Waals surface area contributed by atoms with Crippen LogP contribution < -0.4 is 15.9 Å². The highest BCUT2D eigenvalue weighted by molar-refractivity contribution is 7.15. The van der Waals surface area contributed by atoms with Crippen LogP contribution in [0.25, 0.3) is 0 Å². The van der Waals surface area contributed by atoms with E-state index in [1.807, 2.05) is 4.90 Å². The topological polar surface area (TPSA) is 97.3 Å². The zero-order valence-electron chi connectivity index (χ0n) is 22.8. The van der Waals surface area contributed by atoms with Crippen LogP contribution in [-0.2, 0) is 11.0 Å². The van der Waals surface area contributed by atoms with Crippen molar-refractivity contribution in [3.05, 3.63) is 63.0 Å². The number of piperidine rings is 1. The van der Waals surface area contributed by atoms with Gasteiger partial charge in [0.15, 0.2) is 0 Å². The number of hydrogen-bond donors (Lipinski definition) is 2. The molecule has 5 rings (SSSR count). The van der Waals surface area contributed by atoms with Crippen LogP contribution in [0.15, 0.2) is 52.8 Å². The second-order valence-electron chi connectivity index (χ2n) is 10.4. The number of nitrogens with one attached hydrogen (secondary N) is 2. The molecule has 0 radical (unpaired) electrons. The summed E-state index contributed by atoms with van der Waals surface area (Å²) < 4.78 is 38.7. The van der Waals surface area contributed by atoms with Crippen molar-refractivity contribution in [3.8, 4) is 0 Å². The predicted octanol–water partition coefficient (Wildman–Crippen LogP) is 4.40. The number of allylic oxidation sites excluding steroid dienone is 1. The minimum Gasteiger partial charge on any atom is -0.338 e. The number of anilines is 1. The average molecular weight is 589 g/mol. The summed E-state index contributed by atoms with van der Waals surface area (Å²) >= 11 is 1.11. The van der Waals surface area contributed by atoms with Crippen molar-refractivity contribution in [2.75, 3.05) is 31.2 Å². The minimum atomic E-state index is -4.49. The second-order valence-corrected chi connectivity index (χ2v) is 11.4. The van der Waals surface area contributed by atoms with Crippen molar-refractivity contribution in [2.24, 2.45) is 5.10 Å². The number of hydrazone groups is 1. The molecule has 218 valence electrons. The number of alkyl halides is 3. The molecule has 2 fully saturated rings. The number of hydrazine groups is 1. The van der Waals surface area contributed by atoms with Crippen LogP contribution in [0.1, 0.15) is 64.4 Å². The molecular weight excluding hydrogens is 557 g/mol. The molecule has 1 aromatic heterocycles. The predicted molar refractivity (Wildman–Crippen MR) is 149 cm³/mol. The van der Waals surface area contributed by atoms with Gasteiger partial charge in [0.05, 0.1) is 32.3 Å². The smallest absolute Gasteiger partial charge is 0.338 e. The zero-order chi connectivity index (χ0) is 29.3. The lowest BCUT2D eigenvalue weighted by Crippen LogP contribution is -2.45. The van der Waals surface area contributed by atoms with Gasteiger partial charge in [0.2, 0.25) is 0 Å². The van der Waals surface area contributed by atoms with Crippen molar-refractivity contribution in [1.82, 2.24) is 20.7 Å². The van der Waals surface area contributed by atoms with Gasteiger partial charge in [-0.25, -0.2) is 0 Å². The third-order valence-corrected chi connectivity index (χ3v) is 8.72. The molecule has 0 atom stereocenters. The van der Waals surface area contributed by atoms with Crippen LogP contribution in [0, 0.1) is 0 Å².